The maximum absolute atomic E-state index is 6.29. The van der Waals surface area contributed by atoms with E-state index in [-0.39, 0.29) is 0 Å². The Bertz CT molecular complexity index is 584. The van der Waals surface area contributed by atoms with E-state index in [0.29, 0.717) is 13.2 Å². The van der Waals surface area contributed by atoms with Gasteiger partial charge in [0.05, 0.1) is 0 Å². The standard InChI is InChI=1S/C16H18I2O2Si/c1-3-19-21(20-4-2,14-8-6-5-7-9-14)16-12-13(17)10-11-15(16)18/h5-12H,3-4H2,1-2H3. The lowest BCUT2D eigenvalue weighted by molar-refractivity contribution is 0.208. The summed E-state index contributed by atoms with van der Waals surface area (Å²) in [6.07, 6.45) is 0. The van der Waals surface area contributed by atoms with Crippen molar-refractivity contribution in [3.63, 3.8) is 0 Å². The lowest BCUT2D eigenvalue weighted by Crippen LogP contribution is -2.64. The van der Waals surface area contributed by atoms with Crippen molar-refractivity contribution in [1.29, 1.82) is 0 Å². The Balaban J connectivity index is 2.66. The van der Waals surface area contributed by atoms with Crippen molar-refractivity contribution in [3.05, 3.63) is 55.7 Å². The largest absolute Gasteiger partial charge is 0.408 e. The second kappa shape index (κ2) is 8.05. The summed E-state index contributed by atoms with van der Waals surface area (Å²) in [7, 11) is -2.64. The second-order valence-corrected chi connectivity index (χ2v) is 9.81. The highest BCUT2D eigenvalue weighted by Gasteiger charge is 2.43. The summed E-state index contributed by atoms with van der Waals surface area (Å²) < 4.78 is 15.0. The van der Waals surface area contributed by atoms with Crippen molar-refractivity contribution in [2.75, 3.05) is 13.2 Å². The second-order valence-electron chi connectivity index (χ2n) is 4.47. The van der Waals surface area contributed by atoms with Crippen LogP contribution in [0, 0.1) is 7.14 Å². The monoisotopic (exact) mass is 524 g/mol. The maximum Gasteiger partial charge on any atom is 0.408 e. The van der Waals surface area contributed by atoms with E-state index < -0.39 is 8.56 Å². The molecule has 21 heavy (non-hydrogen) atoms. The van der Waals surface area contributed by atoms with Crippen LogP contribution in [-0.4, -0.2) is 21.8 Å². The lowest BCUT2D eigenvalue weighted by atomic mass is 10.4. The van der Waals surface area contributed by atoms with Crippen molar-refractivity contribution in [2.45, 2.75) is 13.8 Å². The molecule has 0 spiro atoms. The van der Waals surface area contributed by atoms with Gasteiger partial charge in [0.15, 0.2) is 0 Å². The fourth-order valence-electron chi connectivity index (χ4n) is 2.33. The topological polar surface area (TPSA) is 18.5 Å². The van der Waals surface area contributed by atoms with Crippen molar-refractivity contribution in [3.8, 4) is 0 Å². The van der Waals surface area contributed by atoms with Gasteiger partial charge in [-0.1, -0.05) is 30.3 Å². The first-order chi connectivity index (χ1) is 10.1. The van der Waals surface area contributed by atoms with Crippen LogP contribution < -0.4 is 10.4 Å². The van der Waals surface area contributed by atoms with Gasteiger partial charge in [-0.2, -0.15) is 0 Å². The minimum atomic E-state index is -2.64. The van der Waals surface area contributed by atoms with Gasteiger partial charge in [-0.15, -0.1) is 0 Å². The van der Waals surface area contributed by atoms with E-state index in [1.807, 2.05) is 19.9 Å². The van der Waals surface area contributed by atoms with Crippen LogP contribution in [0.3, 0.4) is 0 Å². The SMILES string of the molecule is CCO[Si](OCC)(c1ccccc1)c1cc(I)ccc1I. The van der Waals surface area contributed by atoms with Crippen LogP contribution in [0.15, 0.2) is 48.5 Å². The zero-order chi connectivity index (χ0) is 15.3. The van der Waals surface area contributed by atoms with Crippen molar-refractivity contribution in [1.82, 2.24) is 0 Å². The third-order valence-electron chi connectivity index (χ3n) is 3.13. The molecule has 0 unspecified atom stereocenters. The minimum absolute atomic E-state index is 0.642. The number of hydrogen-bond acceptors (Lipinski definition) is 2. The summed E-state index contributed by atoms with van der Waals surface area (Å²) in [5, 5.41) is 2.36. The van der Waals surface area contributed by atoms with Crippen LogP contribution in [-0.2, 0) is 8.85 Å². The summed E-state index contributed by atoms with van der Waals surface area (Å²) in [6.45, 7) is 5.35. The average Bonchev–Trinajstić information content (AvgIpc) is 2.50. The Morgan fingerprint density at radius 3 is 2.10 bits per heavy atom. The predicted octanol–water partition coefficient (Wildman–Crippen LogP) is 3.53. The Morgan fingerprint density at radius 2 is 1.52 bits per heavy atom. The molecule has 2 rings (SSSR count). The molecule has 0 saturated heterocycles. The zero-order valence-corrected chi connectivity index (χ0v) is 17.4. The summed E-state index contributed by atoms with van der Waals surface area (Å²) in [4.78, 5) is 0. The quantitative estimate of drug-likeness (QED) is 0.426. The van der Waals surface area contributed by atoms with Gasteiger partial charge in [0.2, 0.25) is 0 Å². The highest BCUT2D eigenvalue weighted by Crippen LogP contribution is 2.16. The molecule has 112 valence electrons. The van der Waals surface area contributed by atoms with Crippen LogP contribution in [0.2, 0.25) is 0 Å². The fourth-order valence-corrected chi connectivity index (χ4v) is 7.75. The van der Waals surface area contributed by atoms with Crippen LogP contribution in [0.1, 0.15) is 13.8 Å². The van der Waals surface area contributed by atoms with Crippen LogP contribution in [0.4, 0.5) is 0 Å². The average molecular weight is 524 g/mol. The molecule has 0 aliphatic carbocycles. The first-order valence-corrected chi connectivity index (χ1v) is 10.9. The van der Waals surface area contributed by atoms with E-state index in [1.54, 1.807) is 0 Å². The van der Waals surface area contributed by atoms with Crippen LogP contribution in [0.25, 0.3) is 0 Å². The molecule has 0 heterocycles. The molecule has 0 atom stereocenters. The molecule has 0 N–H and O–H groups in total. The molecule has 0 saturated carbocycles. The number of rotatable bonds is 6. The molecule has 5 heteroatoms. The molecule has 2 nitrogen and oxygen atoms in total. The Labute approximate surface area is 154 Å². The van der Waals surface area contributed by atoms with Gasteiger partial charge in [-0.25, -0.2) is 0 Å². The lowest BCUT2D eigenvalue weighted by Gasteiger charge is -2.31. The highest BCUT2D eigenvalue weighted by atomic mass is 127. The summed E-state index contributed by atoms with van der Waals surface area (Å²) in [6, 6.07) is 16.8. The van der Waals surface area contributed by atoms with Crippen molar-refractivity contribution < 1.29 is 8.85 Å². The molecule has 0 aliphatic rings. The number of hydrogen-bond donors (Lipinski definition) is 0. The first kappa shape index (κ1) is 17.4. The van der Waals surface area contributed by atoms with Gasteiger partial charge < -0.3 is 8.85 Å². The Morgan fingerprint density at radius 1 is 0.905 bits per heavy atom. The third kappa shape index (κ3) is 3.87. The van der Waals surface area contributed by atoms with Crippen molar-refractivity contribution >= 4 is 64.1 Å². The van der Waals surface area contributed by atoms with Gasteiger partial charge in [0.1, 0.15) is 0 Å². The highest BCUT2D eigenvalue weighted by molar-refractivity contribution is 14.1. The molecule has 0 aromatic heterocycles. The molecule has 0 fully saturated rings. The molecular weight excluding hydrogens is 506 g/mol. The predicted molar refractivity (Wildman–Crippen MR) is 107 cm³/mol. The fraction of sp³-hybridized carbons (Fsp3) is 0.250. The zero-order valence-electron chi connectivity index (χ0n) is 12.1. The minimum Gasteiger partial charge on any atom is -0.388 e. The van der Waals surface area contributed by atoms with E-state index in [1.165, 1.54) is 12.3 Å². The van der Waals surface area contributed by atoms with Gasteiger partial charge in [-0.3, -0.25) is 0 Å². The molecule has 2 aromatic carbocycles. The van der Waals surface area contributed by atoms with Gasteiger partial charge in [0.25, 0.3) is 0 Å². The third-order valence-corrected chi connectivity index (χ3v) is 8.86. The molecule has 0 amide bonds. The summed E-state index contributed by atoms with van der Waals surface area (Å²) in [5.74, 6) is 0. The van der Waals surface area contributed by atoms with E-state index in [0.717, 1.165) is 5.19 Å². The van der Waals surface area contributed by atoms with E-state index in [9.17, 15) is 0 Å². The van der Waals surface area contributed by atoms with E-state index in [4.69, 9.17) is 8.85 Å². The summed E-state index contributed by atoms with van der Waals surface area (Å²) in [5.41, 5.74) is 0. The molecule has 0 aliphatic heterocycles. The molecular formula is C16H18I2O2Si. The summed E-state index contributed by atoms with van der Waals surface area (Å²) >= 11 is 4.73. The van der Waals surface area contributed by atoms with Gasteiger partial charge in [-0.05, 0) is 82.4 Å². The maximum atomic E-state index is 6.29. The number of benzene rings is 2. The van der Waals surface area contributed by atoms with E-state index >= 15 is 0 Å². The van der Waals surface area contributed by atoms with Gasteiger partial charge >= 0.3 is 8.56 Å². The molecule has 2 aromatic rings. The van der Waals surface area contributed by atoms with Crippen LogP contribution >= 0.6 is 45.2 Å². The normalized spacial score (nSPS) is 11.6. The first-order valence-electron chi connectivity index (χ1n) is 6.93. The van der Waals surface area contributed by atoms with Crippen molar-refractivity contribution in [2.24, 2.45) is 0 Å². The molecule has 0 bridgehead atoms. The van der Waals surface area contributed by atoms with E-state index in [2.05, 4.69) is 87.6 Å². The smallest absolute Gasteiger partial charge is 0.388 e. The Kier molecular flexibility index (Phi) is 6.67. The van der Waals surface area contributed by atoms with Crippen LogP contribution in [0.5, 0.6) is 0 Å². The molecule has 0 radical (unpaired) electrons. The van der Waals surface area contributed by atoms with Gasteiger partial charge in [0, 0.05) is 25.5 Å². The Hall–Kier alpha value is 0.0369. The number of halogens is 2.